The van der Waals surface area contributed by atoms with Crippen LogP contribution in [0.1, 0.15) is 17.5 Å². The third-order valence-electron chi connectivity index (χ3n) is 3.56. The second kappa shape index (κ2) is 7.24. The summed E-state index contributed by atoms with van der Waals surface area (Å²) in [4.78, 5) is 28.0. The molecule has 116 valence electrons. The van der Waals surface area contributed by atoms with Crippen LogP contribution in [0.4, 0.5) is 0 Å². The molecule has 7 nitrogen and oxygen atoms in total. The zero-order valence-corrected chi connectivity index (χ0v) is 12.1. The van der Waals surface area contributed by atoms with Crippen LogP contribution in [0.25, 0.3) is 0 Å². The van der Waals surface area contributed by atoms with Gasteiger partial charge in [0, 0.05) is 32.7 Å². The van der Waals surface area contributed by atoms with Crippen LogP contribution in [0.15, 0.2) is 22.8 Å². The van der Waals surface area contributed by atoms with E-state index in [1.165, 1.54) is 6.26 Å². The van der Waals surface area contributed by atoms with Crippen molar-refractivity contribution in [1.29, 1.82) is 0 Å². The van der Waals surface area contributed by atoms with Gasteiger partial charge in [-0.3, -0.25) is 14.5 Å². The molecule has 2 rings (SSSR count). The molecule has 0 radical (unpaired) electrons. The molecule has 1 aliphatic rings. The van der Waals surface area contributed by atoms with Gasteiger partial charge in [-0.25, -0.2) is 0 Å². The Morgan fingerprint density at radius 2 is 2.10 bits per heavy atom. The summed E-state index contributed by atoms with van der Waals surface area (Å²) < 4.78 is 5.00. The molecule has 1 saturated heterocycles. The van der Waals surface area contributed by atoms with E-state index in [4.69, 9.17) is 9.52 Å². The van der Waals surface area contributed by atoms with Crippen molar-refractivity contribution in [3.63, 3.8) is 0 Å². The highest BCUT2D eigenvalue weighted by Crippen LogP contribution is 2.05. The van der Waals surface area contributed by atoms with E-state index in [-0.39, 0.29) is 24.2 Å². The first kappa shape index (κ1) is 15.5. The number of piperazine rings is 1. The van der Waals surface area contributed by atoms with Crippen LogP contribution < -0.4 is 5.32 Å². The monoisotopic (exact) mass is 295 g/mol. The first-order valence-electron chi connectivity index (χ1n) is 7.08. The van der Waals surface area contributed by atoms with Crippen molar-refractivity contribution in [3.05, 3.63) is 24.2 Å². The van der Waals surface area contributed by atoms with Crippen molar-refractivity contribution >= 4 is 11.8 Å². The maximum absolute atomic E-state index is 12.3. The minimum atomic E-state index is -0.591. The number of amides is 2. The quantitative estimate of drug-likeness (QED) is 0.767. The predicted octanol–water partition coefficient (Wildman–Crippen LogP) is -0.466. The number of carbonyl (C=O) groups excluding carboxylic acids is 2. The van der Waals surface area contributed by atoms with E-state index in [9.17, 15) is 9.59 Å². The molecule has 0 bridgehead atoms. The Balaban J connectivity index is 1.81. The van der Waals surface area contributed by atoms with Gasteiger partial charge in [0.15, 0.2) is 5.76 Å². The summed E-state index contributed by atoms with van der Waals surface area (Å²) >= 11 is 0. The molecule has 1 aromatic heterocycles. The van der Waals surface area contributed by atoms with E-state index in [1.807, 2.05) is 0 Å². The average Bonchev–Trinajstić information content (AvgIpc) is 3.02. The molecule has 1 aromatic rings. The van der Waals surface area contributed by atoms with E-state index in [0.717, 1.165) is 13.1 Å². The highest BCUT2D eigenvalue weighted by atomic mass is 16.3. The van der Waals surface area contributed by atoms with Crippen LogP contribution in [-0.4, -0.2) is 72.1 Å². The van der Waals surface area contributed by atoms with Gasteiger partial charge in [0.1, 0.15) is 6.04 Å². The predicted molar refractivity (Wildman–Crippen MR) is 75.7 cm³/mol. The Kier molecular flexibility index (Phi) is 5.35. The molecule has 1 atom stereocenters. The zero-order valence-electron chi connectivity index (χ0n) is 12.1. The van der Waals surface area contributed by atoms with Crippen LogP contribution in [0.2, 0.25) is 0 Å². The van der Waals surface area contributed by atoms with Crippen LogP contribution in [0.5, 0.6) is 0 Å². The highest BCUT2D eigenvalue weighted by molar-refractivity contribution is 5.95. The van der Waals surface area contributed by atoms with E-state index < -0.39 is 6.04 Å². The van der Waals surface area contributed by atoms with Crippen molar-refractivity contribution in [1.82, 2.24) is 15.1 Å². The van der Waals surface area contributed by atoms with E-state index >= 15 is 0 Å². The first-order valence-corrected chi connectivity index (χ1v) is 7.08. The SMILES string of the molecule is CC(NC(=O)c1ccco1)C(=O)N1CCN(CCO)CC1. The molecule has 0 aliphatic carbocycles. The molecule has 1 aliphatic heterocycles. The normalized spacial score (nSPS) is 17.5. The molecule has 1 fully saturated rings. The minimum absolute atomic E-state index is 0.0986. The third-order valence-corrected chi connectivity index (χ3v) is 3.56. The van der Waals surface area contributed by atoms with Crippen molar-refractivity contribution in [2.24, 2.45) is 0 Å². The van der Waals surface area contributed by atoms with E-state index in [0.29, 0.717) is 19.6 Å². The van der Waals surface area contributed by atoms with E-state index in [2.05, 4.69) is 10.2 Å². The number of rotatable bonds is 5. The number of β-amino-alcohol motifs (C(OH)–C–C–N with tert-alkyl or cyclic N) is 1. The lowest BCUT2D eigenvalue weighted by Crippen LogP contribution is -2.54. The number of nitrogens with zero attached hydrogens (tertiary/aromatic N) is 2. The summed E-state index contributed by atoms with van der Waals surface area (Å²) in [6.45, 7) is 5.13. The Hall–Kier alpha value is -1.86. The second-order valence-corrected chi connectivity index (χ2v) is 5.06. The van der Waals surface area contributed by atoms with Gasteiger partial charge in [-0.05, 0) is 19.1 Å². The molecular weight excluding hydrogens is 274 g/mol. The van der Waals surface area contributed by atoms with Gasteiger partial charge in [-0.2, -0.15) is 0 Å². The van der Waals surface area contributed by atoms with Gasteiger partial charge in [-0.15, -0.1) is 0 Å². The number of aliphatic hydroxyl groups excluding tert-OH is 1. The summed E-state index contributed by atoms with van der Waals surface area (Å²) in [6.07, 6.45) is 1.42. The Bertz CT molecular complexity index is 467. The molecule has 2 N–H and O–H groups in total. The maximum Gasteiger partial charge on any atom is 0.287 e. The smallest absolute Gasteiger partial charge is 0.287 e. The molecule has 7 heteroatoms. The van der Waals surface area contributed by atoms with Gasteiger partial charge in [-0.1, -0.05) is 0 Å². The largest absolute Gasteiger partial charge is 0.459 e. The van der Waals surface area contributed by atoms with Crippen molar-refractivity contribution in [2.45, 2.75) is 13.0 Å². The lowest BCUT2D eigenvalue weighted by Gasteiger charge is -2.35. The lowest BCUT2D eigenvalue weighted by molar-refractivity contribution is -0.134. The topological polar surface area (TPSA) is 86.0 Å². The fraction of sp³-hybridized carbons (Fsp3) is 0.571. The minimum Gasteiger partial charge on any atom is -0.459 e. The summed E-state index contributed by atoms with van der Waals surface area (Å²) in [6, 6.07) is 2.59. The zero-order chi connectivity index (χ0) is 15.2. The Morgan fingerprint density at radius 1 is 1.38 bits per heavy atom. The van der Waals surface area contributed by atoms with Gasteiger partial charge in [0.2, 0.25) is 5.91 Å². The fourth-order valence-electron chi connectivity index (χ4n) is 2.34. The fourth-order valence-corrected chi connectivity index (χ4v) is 2.34. The molecule has 2 heterocycles. The van der Waals surface area contributed by atoms with Crippen molar-refractivity contribution in [3.8, 4) is 0 Å². The summed E-state index contributed by atoms with van der Waals surface area (Å²) in [5.41, 5.74) is 0. The van der Waals surface area contributed by atoms with Gasteiger partial charge in [0.05, 0.1) is 12.9 Å². The second-order valence-electron chi connectivity index (χ2n) is 5.06. The standard InChI is InChI=1S/C14H21N3O4/c1-11(15-13(19)12-3-2-10-21-12)14(20)17-6-4-16(5-7-17)8-9-18/h2-3,10-11,18H,4-9H2,1H3,(H,15,19). The first-order chi connectivity index (χ1) is 10.1. The number of nitrogens with one attached hydrogen (secondary N) is 1. The lowest BCUT2D eigenvalue weighted by atomic mass is 10.2. The van der Waals surface area contributed by atoms with Gasteiger partial charge >= 0.3 is 0 Å². The Labute approximate surface area is 123 Å². The maximum atomic E-state index is 12.3. The van der Waals surface area contributed by atoms with Crippen molar-refractivity contribution in [2.75, 3.05) is 39.3 Å². The number of hydrogen-bond donors (Lipinski definition) is 2. The number of furan rings is 1. The van der Waals surface area contributed by atoms with Crippen LogP contribution in [-0.2, 0) is 4.79 Å². The molecule has 0 saturated carbocycles. The number of carbonyl (C=O) groups is 2. The number of aliphatic hydroxyl groups is 1. The molecule has 2 amide bonds. The van der Waals surface area contributed by atoms with Crippen LogP contribution >= 0.6 is 0 Å². The molecule has 0 aromatic carbocycles. The Morgan fingerprint density at radius 3 is 2.67 bits per heavy atom. The molecule has 1 unspecified atom stereocenters. The van der Waals surface area contributed by atoms with E-state index in [1.54, 1.807) is 24.0 Å². The summed E-state index contributed by atoms with van der Waals surface area (Å²) in [5.74, 6) is -0.291. The average molecular weight is 295 g/mol. The molecular formula is C14H21N3O4. The summed E-state index contributed by atoms with van der Waals surface area (Å²) in [7, 11) is 0. The highest BCUT2D eigenvalue weighted by Gasteiger charge is 2.26. The number of hydrogen-bond acceptors (Lipinski definition) is 5. The van der Waals surface area contributed by atoms with Crippen LogP contribution in [0, 0.1) is 0 Å². The molecule has 21 heavy (non-hydrogen) atoms. The van der Waals surface area contributed by atoms with Gasteiger partial charge < -0.3 is 19.7 Å². The third kappa shape index (κ3) is 4.05. The van der Waals surface area contributed by atoms with Crippen LogP contribution in [0.3, 0.4) is 0 Å². The van der Waals surface area contributed by atoms with Crippen molar-refractivity contribution < 1.29 is 19.1 Å². The molecule has 0 spiro atoms. The summed E-state index contributed by atoms with van der Waals surface area (Å²) in [5, 5.41) is 11.5. The van der Waals surface area contributed by atoms with Gasteiger partial charge in [0.25, 0.3) is 5.91 Å².